The molecule has 100 valence electrons. The van der Waals surface area contributed by atoms with E-state index in [1.54, 1.807) is 0 Å². The molecule has 2 rings (SSSR count). The minimum Gasteiger partial charge on any atom is -0.486 e. The van der Waals surface area contributed by atoms with Gasteiger partial charge in [-0.25, -0.2) is 0 Å². The summed E-state index contributed by atoms with van der Waals surface area (Å²) in [5, 5.41) is 0. The number of ether oxygens (including phenoxy) is 2. The number of hydrogen-bond donors (Lipinski definition) is 1. The molecule has 3 heteroatoms. The Balaban J connectivity index is 2.11. The average Bonchev–Trinajstić information content (AvgIpc) is 2.40. The normalized spacial score (nSPS) is 11.1. The lowest BCUT2D eigenvalue weighted by Crippen LogP contribution is -2.37. The molecule has 0 spiro atoms. The zero-order valence-electron chi connectivity index (χ0n) is 11.3. The smallest absolute Gasteiger partial charge is 0.131 e. The molecule has 19 heavy (non-hydrogen) atoms. The number of benzene rings is 2. The van der Waals surface area contributed by atoms with Crippen molar-refractivity contribution >= 4 is 0 Å². The van der Waals surface area contributed by atoms with Crippen LogP contribution in [0.25, 0.3) is 0 Å². The molecule has 0 atom stereocenters. The fourth-order valence-electron chi connectivity index (χ4n) is 1.59. The molecule has 0 radical (unpaired) electrons. The lowest BCUT2D eigenvalue weighted by atomic mass is 10.1. The summed E-state index contributed by atoms with van der Waals surface area (Å²) in [6.07, 6.45) is 0. The Morgan fingerprint density at radius 2 is 1.53 bits per heavy atom. The molecule has 0 aromatic heterocycles. The first kappa shape index (κ1) is 13.4. The molecular formula is C16H19NO2. The maximum Gasteiger partial charge on any atom is 0.131 e. The predicted molar refractivity (Wildman–Crippen MR) is 76.7 cm³/mol. The van der Waals surface area contributed by atoms with Crippen LogP contribution < -0.4 is 15.2 Å². The highest BCUT2D eigenvalue weighted by Gasteiger charge is 2.17. The third-order valence-corrected chi connectivity index (χ3v) is 2.67. The molecule has 0 saturated heterocycles. The summed E-state index contributed by atoms with van der Waals surface area (Å²) in [5.74, 6) is 2.30. The highest BCUT2D eigenvalue weighted by molar-refractivity contribution is 5.37. The van der Waals surface area contributed by atoms with E-state index in [4.69, 9.17) is 15.2 Å². The summed E-state index contributed by atoms with van der Waals surface area (Å²) in [6.45, 7) is 4.37. The maximum atomic E-state index is 5.82. The molecule has 2 aromatic rings. The number of para-hydroxylation sites is 1. The van der Waals surface area contributed by atoms with Gasteiger partial charge in [0.25, 0.3) is 0 Å². The molecule has 0 unspecified atom stereocenters. The zero-order valence-corrected chi connectivity index (χ0v) is 11.3. The van der Waals surface area contributed by atoms with Crippen LogP contribution in [0.1, 0.15) is 13.8 Å². The van der Waals surface area contributed by atoms with Gasteiger partial charge in [0.05, 0.1) is 0 Å². The fraction of sp³-hybridized carbons (Fsp3) is 0.250. The Labute approximate surface area is 114 Å². The Morgan fingerprint density at radius 3 is 2.21 bits per heavy atom. The molecule has 0 aliphatic carbocycles. The van der Waals surface area contributed by atoms with Crippen LogP contribution in [0.4, 0.5) is 0 Å². The first-order valence-electron chi connectivity index (χ1n) is 6.31. The van der Waals surface area contributed by atoms with Gasteiger partial charge in [0.2, 0.25) is 0 Å². The lowest BCUT2D eigenvalue weighted by molar-refractivity contribution is 0.118. The molecule has 0 fully saturated rings. The van der Waals surface area contributed by atoms with E-state index in [-0.39, 0.29) is 5.60 Å². The van der Waals surface area contributed by atoms with Gasteiger partial charge in [-0.1, -0.05) is 24.3 Å². The SMILES string of the molecule is CC(C)(CN)Oc1cccc(Oc2ccccc2)c1. The summed E-state index contributed by atoms with van der Waals surface area (Å²) < 4.78 is 11.6. The second-order valence-corrected chi connectivity index (χ2v) is 4.96. The first-order valence-corrected chi connectivity index (χ1v) is 6.31. The molecule has 0 saturated carbocycles. The number of hydrogen-bond acceptors (Lipinski definition) is 3. The van der Waals surface area contributed by atoms with Crippen molar-refractivity contribution in [3.8, 4) is 17.2 Å². The molecule has 2 aromatic carbocycles. The van der Waals surface area contributed by atoms with Gasteiger partial charge in [-0.15, -0.1) is 0 Å². The summed E-state index contributed by atoms with van der Waals surface area (Å²) in [4.78, 5) is 0. The van der Waals surface area contributed by atoms with Crippen molar-refractivity contribution in [1.82, 2.24) is 0 Å². The van der Waals surface area contributed by atoms with Crippen molar-refractivity contribution in [2.75, 3.05) is 6.54 Å². The molecular weight excluding hydrogens is 238 g/mol. The Hall–Kier alpha value is -2.00. The van der Waals surface area contributed by atoms with Crippen LogP contribution >= 0.6 is 0 Å². The van der Waals surface area contributed by atoms with E-state index in [0.717, 1.165) is 17.2 Å². The van der Waals surface area contributed by atoms with E-state index in [2.05, 4.69) is 0 Å². The second kappa shape index (κ2) is 5.76. The van der Waals surface area contributed by atoms with Crippen molar-refractivity contribution in [2.24, 2.45) is 5.73 Å². The topological polar surface area (TPSA) is 44.5 Å². The monoisotopic (exact) mass is 257 g/mol. The molecule has 0 heterocycles. The Kier molecular flexibility index (Phi) is 4.07. The van der Waals surface area contributed by atoms with Crippen LogP contribution in [0.3, 0.4) is 0 Å². The number of nitrogens with two attached hydrogens (primary N) is 1. The maximum absolute atomic E-state index is 5.82. The minimum absolute atomic E-state index is 0.384. The van der Waals surface area contributed by atoms with E-state index < -0.39 is 0 Å². The third-order valence-electron chi connectivity index (χ3n) is 2.67. The van der Waals surface area contributed by atoms with Gasteiger partial charge in [0.15, 0.2) is 0 Å². The average molecular weight is 257 g/mol. The van der Waals surface area contributed by atoms with E-state index in [9.17, 15) is 0 Å². The summed E-state index contributed by atoms with van der Waals surface area (Å²) in [7, 11) is 0. The predicted octanol–water partition coefficient (Wildman–Crippen LogP) is 3.60. The van der Waals surface area contributed by atoms with Gasteiger partial charge in [0, 0.05) is 12.6 Å². The molecule has 2 N–H and O–H groups in total. The van der Waals surface area contributed by atoms with Gasteiger partial charge in [-0.05, 0) is 38.1 Å². The molecule has 0 aliphatic heterocycles. The number of rotatable bonds is 5. The van der Waals surface area contributed by atoms with Gasteiger partial charge in [-0.2, -0.15) is 0 Å². The van der Waals surface area contributed by atoms with Crippen LogP contribution in [0.15, 0.2) is 54.6 Å². The summed E-state index contributed by atoms with van der Waals surface area (Å²) in [6, 6.07) is 17.2. The molecule has 0 bridgehead atoms. The lowest BCUT2D eigenvalue weighted by Gasteiger charge is -2.24. The van der Waals surface area contributed by atoms with Crippen LogP contribution in [0.5, 0.6) is 17.2 Å². The van der Waals surface area contributed by atoms with Crippen molar-refractivity contribution < 1.29 is 9.47 Å². The van der Waals surface area contributed by atoms with E-state index >= 15 is 0 Å². The first-order chi connectivity index (χ1) is 9.09. The third kappa shape index (κ3) is 4.00. The molecule has 0 amide bonds. The summed E-state index contributed by atoms with van der Waals surface area (Å²) in [5.41, 5.74) is 5.28. The molecule has 0 aliphatic rings. The summed E-state index contributed by atoms with van der Waals surface area (Å²) >= 11 is 0. The van der Waals surface area contributed by atoms with Gasteiger partial charge >= 0.3 is 0 Å². The van der Waals surface area contributed by atoms with E-state index in [1.807, 2.05) is 68.4 Å². The largest absolute Gasteiger partial charge is 0.486 e. The Morgan fingerprint density at radius 1 is 0.895 bits per heavy atom. The minimum atomic E-state index is -0.384. The van der Waals surface area contributed by atoms with Crippen molar-refractivity contribution in [3.05, 3.63) is 54.6 Å². The van der Waals surface area contributed by atoms with Crippen LogP contribution in [0, 0.1) is 0 Å². The van der Waals surface area contributed by atoms with Crippen molar-refractivity contribution in [3.63, 3.8) is 0 Å². The molecule has 3 nitrogen and oxygen atoms in total. The van der Waals surface area contributed by atoms with Crippen LogP contribution in [-0.4, -0.2) is 12.1 Å². The van der Waals surface area contributed by atoms with E-state index in [0.29, 0.717) is 6.54 Å². The van der Waals surface area contributed by atoms with Crippen LogP contribution in [-0.2, 0) is 0 Å². The van der Waals surface area contributed by atoms with Crippen molar-refractivity contribution in [1.29, 1.82) is 0 Å². The van der Waals surface area contributed by atoms with E-state index in [1.165, 1.54) is 0 Å². The van der Waals surface area contributed by atoms with Crippen molar-refractivity contribution in [2.45, 2.75) is 19.4 Å². The highest BCUT2D eigenvalue weighted by atomic mass is 16.5. The quantitative estimate of drug-likeness (QED) is 0.890. The zero-order chi connectivity index (χ0) is 13.7. The fourth-order valence-corrected chi connectivity index (χ4v) is 1.59. The van der Waals surface area contributed by atoms with Gasteiger partial charge in [-0.3, -0.25) is 0 Å². The van der Waals surface area contributed by atoms with Crippen LogP contribution in [0.2, 0.25) is 0 Å². The second-order valence-electron chi connectivity index (χ2n) is 4.96. The highest BCUT2D eigenvalue weighted by Crippen LogP contribution is 2.26. The van der Waals surface area contributed by atoms with Gasteiger partial charge < -0.3 is 15.2 Å². The standard InChI is InChI=1S/C16H19NO2/c1-16(2,12-17)19-15-10-6-9-14(11-15)18-13-7-4-3-5-8-13/h3-11H,12,17H2,1-2H3. The van der Waals surface area contributed by atoms with Gasteiger partial charge in [0.1, 0.15) is 22.8 Å². The Bertz CT molecular complexity index is 523.